The molecule has 2 N–H and O–H groups in total. The highest BCUT2D eigenvalue weighted by Crippen LogP contribution is 2.27. The third kappa shape index (κ3) is 3.43. The van der Waals surface area contributed by atoms with Crippen molar-refractivity contribution < 1.29 is 19.4 Å². The lowest BCUT2D eigenvalue weighted by atomic mass is 9.92. The highest BCUT2D eigenvalue weighted by molar-refractivity contribution is 5.81. The lowest BCUT2D eigenvalue weighted by Gasteiger charge is -2.51. The number of hydrogen-bond acceptors (Lipinski definition) is 4. The second-order valence-electron chi connectivity index (χ2n) is 5.13. The number of morpholine rings is 1. The Labute approximate surface area is 107 Å². The SMILES string of the molecule is CC(=O)O.CC(C)N1CC2(CNC2)O[C@@H](C)C1=O. The Morgan fingerprint density at radius 2 is 2.06 bits per heavy atom. The van der Waals surface area contributed by atoms with Crippen LogP contribution in [0.2, 0.25) is 0 Å². The predicted molar refractivity (Wildman–Crippen MR) is 66.3 cm³/mol. The van der Waals surface area contributed by atoms with Gasteiger partial charge in [0, 0.05) is 26.1 Å². The van der Waals surface area contributed by atoms with E-state index in [9.17, 15) is 4.79 Å². The minimum absolute atomic E-state index is 0.0996. The number of carbonyl (C=O) groups excluding carboxylic acids is 1. The Bertz CT molecular complexity index is 322. The Balaban J connectivity index is 0.000000357. The van der Waals surface area contributed by atoms with Crippen LogP contribution in [-0.2, 0) is 14.3 Å². The summed E-state index contributed by atoms with van der Waals surface area (Å²) in [5.41, 5.74) is -0.0996. The summed E-state index contributed by atoms with van der Waals surface area (Å²) in [6.45, 7) is 9.50. The van der Waals surface area contributed by atoms with Gasteiger partial charge < -0.3 is 20.1 Å². The van der Waals surface area contributed by atoms with Crippen molar-refractivity contribution in [3.63, 3.8) is 0 Å². The van der Waals surface area contributed by atoms with Gasteiger partial charge in [0.1, 0.15) is 11.7 Å². The largest absolute Gasteiger partial charge is 0.481 e. The monoisotopic (exact) mass is 258 g/mol. The molecule has 0 aromatic carbocycles. The normalized spacial score (nSPS) is 25.5. The second kappa shape index (κ2) is 5.67. The number of amides is 1. The van der Waals surface area contributed by atoms with Gasteiger partial charge in [0.25, 0.3) is 11.9 Å². The van der Waals surface area contributed by atoms with Crippen LogP contribution in [0.1, 0.15) is 27.7 Å². The van der Waals surface area contributed by atoms with Crippen LogP contribution in [0, 0.1) is 0 Å². The van der Waals surface area contributed by atoms with Gasteiger partial charge in [0.05, 0.1) is 6.54 Å². The van der Waals surface area contributed by atoms with Crippen LogP contribution in [0.15, 0.2) is 0 Å². The van der Waals surface area contributed by atoms with Crippen LogP contribution in [0.5, 0.6) is 0 Å². The lowest BCUT2D eigenvalue weighted by molar-refractivity contribution is -0.193. The van der Waals surface area contributed by atoms with E-state index in [-0.39, 0.29) is 23.7 Å². The van der Waals surface area contributed by atoms with Crippen molar-refractivity contribution in [2.24, 2.45) is 0 Å². The number of nitrogens with zero attached hydrogens (tertiary/aromatic N) is 1. The van der Waals surface area contributed by atoms with E-state index in [1.54, 1.807) is 0 Å². The molecular weight excluding hydrogens is 236 g/mol. The molecule has 0 aliphatic carbocycles. The van der Waals surface area contributed by atoms with Gasteiger partial charge in [0.2, 0.25) is 0 Å². The van der Waals surface area contributed by atoms with E-state index < -0.39 is 5.97 Å². The molecule has 0 unspecified atom stereocenters. The molecule has 1 amide bonds. The summed E-state index contributed by atoms with van der Waals surface area (Å²) in [5, 5.41) is 10.6. The minimum Gasteiger partial charge on any atom is -0.481 e. The van der Waals surface area contributed by atoms with Crippen LogP contribution in [0.4, 0.5) is 0 Å². The van der Waals surface area contributed by atoms with E-state index in [4.69, 9.17) is 14.6 Å². The molecule has 0 radical (unpaired) electrons. The van der Waals surface area contributed by atoms with E-state index in [1.807, 2.05) is 11.8 Å². The fraction of sp³-hybridized carbons (Fsp3) is 0.833. The molecule has 1 atom stereocenters. The maximum absolute atomic E-state index is 11.8. The van der Waals surface area contributed by atoms with E-state index in [1.165, 1.54) is 0 Å². The number of carbonyl (C=O) groups is 2. The first kappa shape index (κ1) is 14.9. The van der Waals surface area contributed by atoms with Gasteiger partial charge in [0.15, 0.2) is 0 Å². The molecule has 6 heteroatoms. The van der Waals surface area contributed by atoms with Crippen molar-refractivity contribution in [3.8, 4) is 0 Å². The Hall–Kier alpha value is -1.14. The minimum atomic E-state index is -0.833. The van der Waals surface area contributed by atoms with Crippen molar-refractivity contribution in [1.29, 1.82) is 0 Å². The molecule has 2 aliphatic heterocycles. The number of hydrogen-bond donors (Lipinski definition) is 2. The van der Waals surface area contributed by atoms with Crippen molar-refractivity contribution in [3.05, 3.63) is 0 Å². The zero-order valence-electron chi connectivity index (χ0n) is 11.4. The van der Waals surface area contributed by atoms with Crippen LogP contribution in [0.25, 0.3) is 0 Å². The van der Waals surface area contributed by atoms with Crippen LogP contribution in [0.3, 0.4) is 0 Å². The Morgan fingerprint density at radius 1 is 1.56 bits per heavy atom. The molecule has 2 fully saturated rings. The van der Waals surface area contributed by atoms with Gasteiger partial charge in [-0.3, -0.25) is 9.59 Å². The predicted octanol–water partition coefficient (Wildman–Crippen LogP) is 0.0750. The fourth-order valence-electron chi connectivity index (χ4n) is 2.12. The smallest absolute Gasteiger partial charge is 0.300 e. The summed E-state index contributed by atoms with van der Waals surface area (Å²) in [6, 6.07) is 0.270. The molecule has 2 aliphatic rings. The molecule has 2 heterocycles. The molecule has 2 saturated heterocycles. The summed E-state index contributed by atoms with van der Waals surface area (Å²) in [7, 11) is 0. The van der Waals surface area contributed by atoms with Crippen molar-refractivity contribution in [2.75, 3.05) is 19.6 Å². The summed E-state index contributed by atoms with van der Waals surface area (Å²) in [4.78, 5) is 22.7. The number of carboxylic acid groups (broad SMARTS) is 1. The second-order valence-corrected chi connectivity index (χ2v) is 5.13. The van der Waals surface area contributed by atoms with Gasteiger partial charge >= 0.3 is 0 Å². The molecular formula is C12H22N2O4. The number of rotatable bonds is 1. The van der Waals surface area contributed by atoms with Crippen molar-refractivity contribution in [1.82, 2.24) is 10.2 Å². The van der Waals surface area contributed by atoms with E-state index >= 15 is 0 Å². The molecule has 18 heavy (non-hydrogen) atoms. The maximum atomic E-state index is 11.8. The van der Waals surface area contributed by atoms with Gasteiger partial charge in [-0.05, 0) is 20.8 Å². The maximum Gasteiger partial charge on any atom is 0.300 e. The molecule has 2 rings (SSSR count). The summed E-state index contributed by atoms with van der Waals surface area (Å²) >= 11 is 0. The highest BCUT2D eigenvalue weighted by Gasteiger charge is 2.47. The zero-order chi connectivity index (χ0) is 13.9. The molecule has 0 bridgehead atoms. The first-order valence-electron chi connectivity index (χ1n) is 6.16. The van der Waals surface area contributed by atoms with Gasteiger partial charge in [-0.1, -0.05) is 0 Å². The van der Waals surface area contributed by atoms with Crippen molar-refractivity contribution in [2.45, 2.75) is 45.4 Å². The first-order chi connectivity index (χ1) is 8.27. The van der Waals surface area contributed by atoms with E-state index in [0.717, 1.165) is 26.6 Å². The molecule has 0 aromatic heterocycles. The fourth-order valence-corrected chi connectivity index (χ4v) is 2.12. The molecule has 0 saturated carbocycles. The summed E-state index contributed by atoms with van der Waals surface area (Å²) in [5.74, 6) is -0.711. The topological polar surface area (TPSA) is 78.9 Å². The zero-order valence-corrected chi connectivity index (χ0v) is 11.4. The Kier molecular flexibility index (Phi) is 4.70. The standard InChI is InChI=1S/C10H18N2O2.C2H4O2/c1-7(2)12-6-10(4-11-5-10)14-8(3)9(12)13;1-2(3)4/h7-8,11H,4-6H2,1-3H3;1H3,(H,3,4)/t8-;/m0./s1. The molecule has 6 nitrogen and oxygen atoms in total. The van der Waals surface area contributed by atoms with Crippen LogP contribution >= 0.6 is 0 Å². The number of nitrogens with one attached hydrogen (secondary N) is 1. The average Bonchev–Trinajstić information content (AvgIpc) is 2.18. The van der Waals surface area contributed by atoms with Gasteiger partial charge in [-0.25, -0.2) is 0 Å². The number of carboxylic acids is 1. The van der Waals surface area contributed by atoms with Crippen LogP contribution < -0.4 is 5.32 Å². The lowest BCUT2D eigenvalue weighted by Crippen LogP contribution is -2.72. The van der Waals surface area contributed by atoms with Gasteiger partial charge in [-0.15, -0.1) is 0 Å². The highest BCUT2D eigenvalue weighted by atomic mass is 16.5. The average molecular weight is 258 g/mol. The van der Waals surface area contributed by atoms with Crippen molar-refractivity contribution >= 4 is 11.9 Å². The Morgan fingerprint density at radius 3 is 2.39 bits per heavy atom. The van der Waals surface area contributed by atoms with Gasteiger partial charge in [-0.2, -0.15) is 0 Å². The summed E-state index contributed by atoms with van der Waals surface area (Å²) < 4.78 is 5.75. The molecule has 0 aromatic rings. The third-order valence-electron chi connectivity index (χ3n) is 3.03. The van der Waals surface area contributed by atoms with Crippen LogP contribution in [-0.4, -0.2) is 59.3 Å². The summed E-state index contributed by atoms with van der Waals surface area (Å²) in [6.07, 6.45) is -0.284. The quantitative estimate of drug-likeness (QED) is 0.696. The molecule has 104 valence electrons. The third-order valence-corrected chi connectivity index (χ3v) is 3.03. The van der Waals surface area contributed by atoms with E-state index in [0.29, 0.717) is 0 Å². The number of ether oxygens (including phenoxy) is 1. The molecule has 1 spiro atoms. The first-order valence-corrected chi connectivity index (χ1v) is 6.16. The number of aliphatic carboxylic acids is 1. The van der Waals surface area contributed by atoms with E-state index in [2.05, 4.69) is 19.2 Å².